The summed E-state index contributed by atoms with van der Waals surface area (Å²) < 4.78 is 11.2. The maximum Gasteiger partial charge on any atom is 0.368 e. The van der Waals surface area contributed by atoms with Crippen molar-refractivity contribution in [1.82, 2.24) is 0 Å². The predicted octanol–water partition coefficient (Wildman–Crippen LogP) is 4.11. The molecule has 0 saturated heterocycles. The van der Waals surface area contributed by atoms with Gasteiger partial charge in [-0.15, -0.1) is 4.89 Å². The zero-order valence-electron chi connectivity index (χ0n) is 30.7. The minimum absolute atomic E-state index is 0.174. The molecule has 0 spiro atoms. The molecule has 13 heteroatoms. The van der Waals surface area contributed by atoms with Crippen LogP contribution in [0.25, 0.3) is 0 Å². The van der Waals surface area contributed by atoms with E-state index in [1.54, 1.807) is 72.7 Å². The Labute approximate surface area is 284 Å². The Bertz CT molecular complexity index is 708. The van der Waals surface area contributed by atoms with Crippen LogP contribution in [-0.4, -0.2) is 106 Å². The van der Waals surface area contributed by atoms with Gasteiger partial charge in [-0.1, -0.05) is 44.7 Å². The van der Waals surface area contributed by atoms with E-state index in [0.29, 0.717) is 18.6 Å². The highest BCUT2D eigenvalue weighted by atomic mass is 17.2. The largest absolute Gasteiger partial charge is 0.455 e. The Morgan fingerprint density at radius 1 is 0.638 bits per heavy atom. The second-order valence-corrected chi connectivity index (χ2v) is 8.23. The summed E-state index contributed by atoms with van der Waals surface area (Å²) in [7, 11) is 0. The van der Waals surface area contributed by atoms with Gasteiger partial charge in [0.15, 0.2) is 6.61 Å². The lowest BCUT2D eigenvalue weighted by molar-refractivity contribution is -0.391. The standard InChI is InChI=1S/C20H26O6.7C2H6O/c1-6-7-13-20(14-23-18(21)15(2)3,26-25-19(22)16(4)5)24-17-11-9-8-10-12-17;7*1-2-3/h8-12H,2,4,6-7,13-14H2,1,3,5H3;7*3H,2H2,1H3. The van der Waals surface area contributed by atoms with Gasteiger partial charge in [0.25, 0.3) is 5.79 Å². The minimum atomic E-state index is -1.48. The van der Waals surface area contributed by atoms with Crippen LogP contribution in [0.4, 0.5) is 0 Å². The van der Waals surface area contributed by atoms with Gasteiger partial charge < -0.3 is 45.2 Å². The number of carbonyl (C=O) groups is 2. The van der Waals surface area contributed by atoms with Crippen molar-refractivity contribution in [3.63, 3.8) is 0 Å². The summed E-state index contributed by atoms with van der Waals surface area (Å²) in [4.78, 5) is 33.7. The number of aliphatic hydroxyl groups excluding tert-OH is 7. The molecule has 1 rings (SSSR count). The molecular weight excluding hydrogens is 616 g/mol. The molecule has 0 aromatic heterocycles. The summed E-state index contributed by atoms with van der Waals surface area (Å²) >= 11 is 0. The summed E-state index contributed by atoms with van der Waals surface area (Å²) in [6.07, 6.45) is 1.87. The van der Waals surface area contributed by atoms with Gasteiger partial charge >= 0.3 is 11.9 Å². The van der Waals surface area contributed by atoms with Gasteiger partial charge in [-0.05, 0) is 80.9 Å². The normalized spacial score (nSPS) is 9.64. The Morgan fingerprint density at radius 2 is 0.979 bits per heavy atom. The molecule has 0 radical (unpaired) electrons. The van der Waals surface area contributed by atoms with Gasteiger partial charge in [0.05, 0.1) is 0 Å². The minimum Gasteiger partial charge on any atom is -0.455 e. The number of rotatable bonds is 11. The van der Waals surface area contributed by atoms with Crippen molar-refractivity contribution >= 4 is 11.9 Å². The van der Waals surface area contributed by atoms with Crippen molar-refractivity contribution < 1.29 is 64.6 Å². The van der Waals surface area contributed by atoms with Crippen LogP contribution < -0.4 is 4.74 Å². The van der Waals surface area contributed by atoms with Crippen molar-refractivity contribution in [2.45, 2.75) is 94.3 Å². The Balaban J connectivity index is -0.000000125. The molecule has 47 heavy (non-hydrogen) atoms. The fourth-order valence-electron chi connectivity index (χ4n) is 1.87. The average Bonchev–Trinajstić information content (AvgIpc) is 3.01. The van der Waals surface area contributed by atoms with Gasteiger partial charge in [-0.25, -0.2) is 9.59 Å². The van der Waals surface area contributed by atoms with E-state index in [9.17, 15) is 9.59 Å². The number of aliphatic hydroxyl groups is 7. The molecule has 0 saturated carbocycles. The van der Waals surface area contributed by atoms with Crippen molar-refractivity contribution in [1.29, 1.82) is 0 Å². The number of carbonyl (C=O) groups excluding carboxylic acids is 2. The van der Waals surface area contributed by atoms with Crippen molar-refractivity contribution in [3.8, 4) is 5.75 Å². The van der Waals surface area contributed by atoms with Crippen LogP contribution in [-0.2, 0) is 24.1 Å². The fraction of sp³-hybridized carbons (Fsp3) is 0.647. The third kappa shape index (κ3) is 59.1. The summed E-state index contributed by atoms with van der Waals surface area (Å²) in [6, 6.07) is 8.87. The highest BCUT2D eigenvalue weighted by Gasteiger charge is 2.38. The van der Waals surface area contributed by atoms with Crippen molar-refractivity contribution in [2.75, 3.05) is 52.9 Å². The molecule has 0 aliphatic carbocycles. The first-order chi connectivity index (χ1) is 22.2. The Hall–Kier alpha value is -2.88. The maximum absolute atomic E-state index is 11.8. The van der Waals surface area contributed by atoms with E-state index in [0.717, 1.165) is 6.42 Å². The topological polar surface area (TPSA) is 213 Å². The molecule has 0 aliphatic rings. The smallest absolute Gasteiger partial charge is 0.368 e. The summed E-state index contributed by atoms with van der Waals surface area (Å²) in [5.74, 6) is -2.30. The van der Waals surface area contributed by atoms with Crippen LogP contribution in [0.5, 0.6) is 5.75 Å². The second-order valence-electron chi connectivity index (χ2n) is 8.23. The molecular formula is C34H68O13. The molecule has 0 aliphatic heterocycles. The molecule has 0 amide bonds. The first kappa shape index (κ1) is 59.5. The van der Waals surface area contributed by atoms with Crippen molar-refractivity contribution in [2.24, 2.45) is 0 Å². The van der Waals surface area contributed by atoms with E-state index in [-0.39, 0.29) is 64.0 Å². The number of ether oxygens (including phenoxy) is 2. The molecule has 1 aromatic rings. The number of para-hydroxylation sites is 1. The van der Waals surface area contributed by atoms with Crippen LogP contribution >= 0.6 is 0 Å². The van der Waals surface area contributed by atoms with Crippen LogP contribution in [0.3, 0.4) is 0 Å². The number of esters is 1. The number of benzene rings is 1. The van der Waals surface area contributed by atoms with E-state index in [1.807, 2.05) is 13.0 Å². The molecule has 0 bridgehead atoms. The molecule has 1 unspecified atom stereocenters. The Morgan fingerprint density at radius 3 is 1.28 bits per heavy atom. The first-order valence-electron chi connectivity index (χ1n) is 15.6. The predicted molar refractivity (Wildman–Crippen MR) is 186 cm³/mol. The van der Waals surface area contributed by atoms with Crippen LogP contribution in [0, 0.1) is 0 Å². The molecule has 1 atom stereocenters. The van der Waals surface area contributed by atoms with Gasteiger partial charge in [0.2, 0.25) is 0 Å². The molecule has 0 fully saturated rings. The first-order valence-corrected chi connectivity index (χ1v) is 15.6. The zero-order chi connectivity index (χ0) is 38.5. The van der Waals surface area contributed by atoms with Crippen molar-refractivity contribution in [3.05, 3.63) is 54.6 Å². The van der Waals surface area contributed by atoms with Gasteiger partial charge in [-0.2, -0.15) is 0 Å². The summed E-state index contributed by atoms with van der Waals surface area (Å²) in [6.45, 7) is 25.3. The maximum atomic E-state index is 11.8. The number of hydrogen-bond donors (Lipinski definition) is 7. The van der Waals surface area contributed by atoms with E-state index in [1.165, 1.54) is 13.8 Å². The molecule has 13 nitrogen and oxygen atoms in total. The highest BCUT2D eigenvalue weighted by molar-refractivity contribution is 5.87. The lowest BCUT2D eigenvalue weighted by Gasteiger charge is -2.31. The van der Waals surface area contributed by atoms with Gasteiger partial charge in [-0.3, -0.25) is 4.89 Å². The molecule has 7 N–H and O–H groups in total. The SMILES string of the molecule is C=C(C)C(=O)OCC(CCCC)(OOC(=O)C(=C)C)Oc1ccccc1.CCO.CCO.CCO.CCO.CCO.CCO.CCO. The number of unbranched alkanes of at least 4 members (excludes halogenated alkanes) is 1. The van der Waals surface area contributed by atoms with Gasteiger partial charge in [0, 0.05) is 63.8 Å². The third-order valence-corrected chi connectivity index (χ3v) is 3.35. The quantitative estimate of drug-likeness (QED) is 0.0576. The van der Waals surface area contributed by atoms with Crippen LogP contribution in [0.2, 0.25) is 0 Å². The number of hydrogen-bond acceptors (Lipinski definition) is 13. The highest BCUT2D eigenvalue weighted by Crippen LogP contribution is 2.26. The van der Waals surface area contributed by atoms with Gasteiger partial charge in [0.1, 0.15) is 5.75 Å². The summed E-state index contributed by atoms with van der Waals surface area (Å²) in [5, 5.41) is 53.0. The van der Waals surface area contributed by atoms with Crippen LogP contribution in [0.1, 0.15) is 88.5 Å². The van der Waals surface area contributed by atoms with E-state index >= 15 is 0 Å². The zero-order valence-corrected chi connectivity index (χ0v) is 30.7. The lowest BCUT2D eigenvalue weighted by Crippen LogP contribution is -2.45. The average molecular weight is 685 g/mol. The lowest BCUT2D eigenvalue weighted by atomic mass is 10.1. The van der Waals surface area contributed by atoms with Crippen LogP contribution in [0.15, 0.2) is 54.6 Å². The van der Waals surface area contributed by atoms with E-state index < -0.39 is 17.7 Å². The molecule has 1 aromatic carbocycles. The fourth-order valence-corrected chi connectivity index (χ4v) is 1.87. The van der Waals surface area contributed by atoms with E-state index in [4.69, 9.17) is 55.0 Å². The van der Waals surface area contributed by atoms with E-state index in [2.05, 4.69) is 13.2 Å². The molecule has 282 valence electrons. The Kier molecular flexibility index (Phi) is 66.7. The monoisotopic (exact) mass is 684 g/mol. The summed E-state index contributed by atoms with van der Waals surface area (Å²) in [5.41, 5.74) is 0.418. The third-order valence-electron chi connectivity index (χ3n) is 3.35. The second kappa shape index (κ2) is 52.6. The molecule has 0 heterocycles.